The molecule has 2 atom stereocenters. The minimum Gasteiger partial charge on any atom is -0.504 e. The third kappa shape index (κ3) is 3.43. The summed E-state index contributed by atoms with van der Waals surface area (Å²) in [4.78, 5) is 12.5. The number of hydrogen-bond donors (Lipinski definition) is 2. The quantitative estimate of drug-likeness (QED) is 0.839. The van der Waals surface area contributed by atoms with Gasteiger partial charge in [0, 0.05) is 5.88 Å². The molecule has 1 aromatic rings. The average molecular weight is 312 g/mol. The summed E-state index contributed by atoms with van der Waals surface area (Å²) in [5, 5.41) is 13.1. The summed E-state index contributed by atoms with van der Waals surface area (Å²) < 4.78 is 5.04. The van der Waals surface area contributed by atoms with Crippen LogP contribution in [0.4, 0.5) is 0 Å². The predicted octanol–water partition coefficient (Wildman–Crippen LogP) is 3.32. The van der Waals surface area contributed by atoms with Gasteiger partial charge < -0.3 is 15.2 Å². The maximum Gasteiger partial charge on any atom is 0.255 e. The number of hydrogen-bond acceptors (Lipinski definition) is 3. The topological polar surface area (TPSA) is 58.6 Å². The van der Waals surface area contributed by atoms with Crippen molar-refractivity contribution >= 4 is 17.5 Å². The standard InChI is InChI=1S/C16H22ClNO3/c1-11-5-4-8-16(9-11,10-17)18-15(20)12-6-3-7-13(21-2)14(12)19/h3,6-7,11,19H,4-5,8-10H2,1-2H3,(H,18,20). The molecule has 1 saturated carbocycles. The van der Waals surface area contributed by atoms with Crippen LogP contribution in [0.2, 0.25) is 0 Å². The molecule has 0 bridgehead atoms. The number of rotatable bonds is 4. The van der Waals surface area contributed by atoms with E-state index in [1.54, 1.807) is 18.2 Å². The van der Waals surface area contributed by atoms with Crippen molar-refractivity contribution in [3.8, 4) is 11.5 Å². The van der Waals surface area contributed by atoms with E-state index in [2.05, 4.69) is 12.2 Å². The molecule has 5 heteroatoms. The van der Waals surface area contributed by atoms with Crippen molar-refractivity contribution in [1.82, 2.24) is 5.32 Å². The first-order valence-electron chi connectivity index (χ1n) is 7.26. The summed E-state index contributed by atoms with van der Waals surface area (Å²) in [7, 11) is 1.46. The molecule has 0 aliphatic heterocycles. The lowest BCUT2D eigenvalue weighted by atomic mass is 9.77. The minimum atomic E-state index is -0.383. The SMILES string of the molecule is COc1cccc(C(=O)NC2(CCl)CCCC(C)C2)c1O. The van der Waals surface area contributed by atoms with Gasteiger partial charge in [-0.15, -0.1) is 11.6 Å². The Kier molecular flexibility index (Phi) is 4.99. The molecule has 1 amide bonds. The first-order chi connectivity index (χ1) is 10.0. The molecule has 0 aromatic heterocycles. The molecule has 21 heavy (non-hydrogen) atoms. The zero-order valence-corrected chi connectivity index (χ0v) is 13.2. The molecule has 0 heterocycles. The van der Waals surface area contributed by atoms with Gasteiger partial charge in [-0.2, -0.15) is 0 Å². The van der Waals surface area contributed by atoms with Gasteiger partial charge in [-0.25, -0.2) is 0 Å². The second-order valence-electron chi connectivity index (χ2n) is 5.93. The summed E-state index contributed by atoms with van der Waals surface area (Å²) in [5.74, 6) is 0.775. The average Bonchev–Trinajstić information content (AvgIpc) is 2.47. The molecule has 0 radical (unpaired) electrons. The van der Waals surface area contributed by atoms with Gasteiger partial charge in [0.05, 0.1) is 18.2 Å². The van der Waals surface area contributed by atoms with Crippen LogP contribution in [-0.2, 0) is 0 Å². The van der Waals surface area contributed by atoms with Crippen molar-refractivity contribution in [2.24, 2.45) is 5.92 Å². The van der Waals surface area contributed by atoms with Gasteiger partial charge in [0.1, 0.15) is 0 Å². The number of halogens is 1. The van der Waals surface area contributed by atoms with Gasteiger partial charge >= 0.3 is 0 Å². The van der Waals surface area contributed by atoms with E-state index in [9.17, 15) is 9.90 Å². The number of phenols is 1. The van der Waals surface area contributed by atoms with E-state index in [0.717, 1.165) is 19.3 Å². The molecule has 1 aliphatic carbocycles. The lowest BCUT2D eigenvalue weighted by Crippen LogP contribution is -2.52. The van der Waals surface area contributed by atoms with Gasteiger partial charge in [-0.3, -0.25) is 4.79 Å². The lowest BCUT2D eigenvalue weighted by molar-refractivity contribution is 0.0864. The normalized spacial score (nSPS) is 25.4. The zero-order valence-electron chi connectivity index (χ0n) is 12.5. The van der Waals surface area contributed by atoms with Crippen molar-refractivity contribution in [2.45, 2.75) is 38.1 Å². The molecule has 116 valence electrons. The Labute approximate surface area is 130 Å². The third-order valence-corrected chi connectivity index (χ3v) is 4.70. The number of aromatic hydroxyl groups is 1. The number of amides is 1. The van der Waals surface area contributed by atoms with E-state index < -0.39 is 0 Å². The number of alkyl halides is 1. The van der Waals surface area contributed by atoms with E-state index in [4.69, 9.17) is 16.3 Å². The van der Waals surface area contributed by atoms with Crippen LogP contribution >= 0.6 is 11.6 Å². The fraction of sp³-hybridized carbons (Fsp3) is 0.562. The van der Waals surface area contributed by atoms with Crippen LogP contribution in [0.25, 0.3) is 0 Å². The first kappa shape index (κ1) is 16.0. The predicted molar refractivity (Wildman–Crippen MR) is 83.2 cm³/mol. The number of methoxy groups -OCH3 is 1. The highest BCUT2D eigenvalue weighted by molar-refractivity contribution is 6.19. The summed E-state index contributed by atoms with van der Waals surface area (Å²) >= 11 is 6.13. The summed E-state index contributed by atoms with van der Waals surface area (Å²) in [6.45, 7) is 2.18. The van der Waals surface area contributed by atoms with E-state index in [1.807, 2.05) is 0 Å². The molecule has 2 unspecified atom stereocenters. The second-order valence-corrected chi connectivity index (χ2v) is 6.19. The van der Waals surface area contributed by atoms with E-state index in [1.165, 1.54) is 13.5 Å². The molecule has 0 spiro atoms. The van der Waals surface area contributed by atoms with Crippen LogP contribution in [0, 0.1) is 5.92 Å². The van der Waals surface area contributed by atoms with Crippen LogP contribution in [0.1, 0.15) is 43.0 Å². The highest BCUT2D eigenvalue weighted by Crippen LogP contribution is 2.35. The third-order valence-electron chi connectivity index (χ3n) is 4.19. The van der Waals surface area contributed by atoms with Gasteiger partial charge in [-0.05, 0) is 30.9 Å². The summed E-state index contributed by atoms with van der Waals surface area (Å²) in [6, 6.07) is 4.89. The van der Waals surface area contributed by atoms with Crippen molar-refractivity contribution < 1.29 is 14.6 Å². The van der Waals surface area contributed by atoms with Crippen molar-refractivity contribution in [1.29, 1.82) is 0 Å². The van der Waals surface area contributed by atoms with Crippen molar-refractivity contribution in [2.75, 3.05) is 13.0 Å². The van der Waals surface area contributed by atoms with Crippen LogP contribution in [0.15, 0.2) is 18.2 Å². The fourth-order valence-corrected chi connectivity index (χ4v) is 3.42. The van der Waals surface area contributed by atoms with E-state index in [0.29, 0.717) is 17.5 Å². The van der Waals surface area contributed by atoms with Gasteiger partial charge in [0.15, 0.2) is 11.5 Å². The maximum absolute atomic E-state index is 12.5. The molecule has 2 N–H and O–H groups in total. The van der Waals surface area contributed by atoms with Gasteiger partial charge in [0.25, 0.3) is 5.91 Å². The number of nitrogens with one attached hydrogen (secondary N) is 1. The van der Waals surface area contributed by atoms with Crippen LogP contribution < -0.4 is 10.1 Å². The fourth-order valence-electron chi connectivity index (χ4n) is 3.11. The highest BCUT2D eigenvalue weighted by Gasteiger charge is 2.36. The summed E-state index contributed by atoms with van der Waals surface area (Å²) in [6.07, 6.45) is 3.96. The smallest absolute Gasteiger partial charge is 0.255 e. The Hall–Kier alpha value is -1.42. The number of carbonyl (C=O) groups excluding carboxylic acids is 1. The minimum absolute atomic E-state index is 0.133. The second kappa shape index (κ2) is 6.56. The van der Waals surface area contributed by atoms with Crippen LogP contribution in [0.5, 0.6) is 11.5 Å². The van der Waals surface area contributed by atoms with Crippen LogP contribution in [-0.4, -0.2) is 29.5 Å². The van der Waals surface area contributed by atoms with Crippen LogP contribution in [0.3, 0.4) is 0 Å². The number of carbonyl (C=O) groups is 1. The molecule has 1 fully saturated rings. The van der Waals surface area contributed by atoms with Gasteiger partial charge in [-0.1, -0.05) is 25.8 Å². The Bertz CT molecular complexity index is 520. The first-order valence-corrected chi connectivity index (χ1v) is 7.79. The Balaban J connectivity index is 2.20. The van der Waals surface area contributed by atoms with Gasteiger partial charge in [0.2, 0.25) is 0 Å². The largest absolute Gasteiger partial charge is 0.504 e. The number of para-hydroxylation sites is 1. The Morgan fingerprint density at radius 3 is 2.95 bits per heavy atom. The molecule has 1 aromatic carbocycles. The van der Waals surface area contributed by atoms with E-state index >= 15 is 0 Å². The summed E-state index contributed by atoms with van der Waals surface area (Å²) in [5.41, 5.74) is -0.164. The molecule has 2 rings (SSSR count). The maximum atomic E-state index is 12.5. The monoisotopic (exact) mass is 311 g/mol. The highest BCUT2D eigenvalue weighted by atomic mass is 35.5. The zero-order chi connectivity index (χ0) is 15.5. The Morgan fingerprint density at radius 2 is 2.33 bits per heavy atom. The molecule has 4 nitrogen and oxygen atoms in total. The number of ether oxygens (including phenoxy) is 1. The molecule has 1 aliphatic rings. The molecular weight excluding hydrogens is 290 g/mol. The molecular formula is C16H22ClNO3. The van der Waals surface area contributed by atoms with E-state index in [-0.39, 0.29) is 22.8 Å². The number of benzene rings is 1. The lowest BCUT2D eigenvalue weighted by Gasteiger charge is -2.39. The van der Waals surface area contributed by atoms with Crippen molar-refractivity contribution in [3.63, 3.8) is 0 Å². The molecule has 0 saturated heterocycles. The Morgan fingerprint density at radius 1 is 1.57 bits per heavy atom. The number of phenolic OH excluding ortho intramolecular Hbond substituents is 1. The van der Waals surface area contributed by atoms with Crippen molar-refractivity contribution in [3.05, 3.63) is 23.8 Å².